The smallest absolute Gasteiger partial charge is 0.416 e. The third-order valence-corrected chi connectivity index (χ3v) is 1.77. The number of hydrogen-bond donors (Lipinski definition) is 1. The van der Waals surface area contributed by atoms with Gasteiger partial charge in [-0.1, -0.05) is 5.92 Å². The van der Waals surface area contributed by atoms with Crippen molar-refractivity contribution in [1.82, 2.24) is 0 Å². The molecule has 0 aliphatic rings. The normalized spacial score (nSPS) is 10.0. The number of halogens is 3. The third-order valence-electron chi connectivity index (χ3n) is 1.77. The summed E-state index contributed by atoms with van der Waals surface area (Å²) in [4.78, 5) is 10.6. The van der Waals surface area contributed by atoms with Gasteiger partial charge in [0.2, 0.25) is 0 Å². The van der Waals surface area contributed by atoms with Crippen LogP contribution in [0.4, 0.5) is 13.2 Å². The molecule has 1 aromatic carbocycles. The maximum Gasteiger partial charge on any atom is 0.416 e. The molecule has 0 aromatic heterocycles. The molecule has 0 fully saturated rings. The van der Waals surface area contributed by atoms with Crippen LogP contribution in [0.5, 0.6) is 0 Å². The molecule has 0 bridgehead atoms. The number of rotatable bonds is 1. The average molecular weight is 239 g/mol. The number of hydrogen-bond acceptors (Lipinski definition) is 2. The van der Waals surface area contributed by atoms with E-state index in [-0.39, 0.29) is 5.56 Å². The maximum absolute atomic E-state index is 12.4. The highest BCUT2D eigenvalue weighted by Gasteiger charge is 2.31. The summed E-state index contributed by atoms with van der Waals surface area (Å²) in [6, 6.07) is 3.61. The minimum absolute atomic E-state index is 0.168. The predicted molar refractivity (Wildman–Crippen MR) is 50.9 cm³/mol. The molecule has 0 aliphatic carbocycles. The molecule has 1 N–H and O–H groups in total. The Labute approximate surface area is 94.1 Å². The van der Waals surface area contributed by atoms with Gasteiger partial charge >= 0.3 is 12.1 Å². The second kappa shape index (κ2) is 4.58. The first kappa shape index (κ1) is 12.6. The van der Waals surface area contributed by atoms with Crippen LogP contribution < -0.4 is 0 Å². The van der Waals surface area contributed by atoms with E-state index in [2.05, 4.69) is 5.92 Å². The highest BCUT2D eigenvalue weighted by Crippen LogP contribution is 2.30. The van der Waals surface area contributed by atoms with E-state index in [0.717, 1.165) is 6.07 Å². The van der Waals surface area contributed by atoms with Crippen molar-refractivity contribution in [1.29, 1.82) is 5.26 Å². The van der Waals surface area contributed by atoms with Crippen LogP contribution in [-0.2, 0) is 6.18 Å². The summed E-state index contributed by atoms with van der Waals surface area (Å²) in [7, 11) is 0. The zero-order valence-electron chi connectivity index (χ0n) is 8.17. The van der Waals surface area contributed by atoms with Gasteiger partial charge < -0.3 is 5.11 Å². The van der Waals surface area contributed by atoms with Crippen molar-refractivity contribution in [2.45, 2.75) is 6.18 Å². The molecule has 1 rings (SSSR count). The van der Waals surface area contributed by atoms with Crippen molar-refractivity contribution >= 4 is 5.97 Å². The van der Waals surface area contributed by atoms with Gasteiger partial charge in [0.15, 0.2) is 6.07 Å². The van der Waals surface area contributed by atoms with Crippen molar-refractivity contribution in [2.24, 2.45) is 0 Å². The van der Waals surface area contributed by atoms with Crippen LogP contribution in [0.25, 0.3) is 0 Å². The molecule has 0 atom stereocenters. The van der Waals surface area contributed by atoms with Gasteiger partial charge in [-0.25, -0.2) is 4.79 Å². The van der Waals surface area contributed by atoms with Crippen molar-refractivity contribution in [3.63, 3.8) is 0 Å². The Balaban J connectivity index is 3.40. The van der Waals surface area contributed by atoms with E-state index in [1.165, 1.54) is 6.07 Å². The quantitative estimate of drug-likeness (QED) is 0.764. The monoisotopic (exact) mass is 239 g/mol. The Bertz CT molecular complexity index is 559. The van der Waals surface area contributed by atoms with Gasteiger partial charge in [0.25, 0.3) is 0 Å². The Morgan fingerprint density at radius 2 is 1.94 bits per heavy atom. The van der Waals surface area contributed by atoms with Gasteiger partial charge in [-0.2, -0.15) is 18.4 Å². The molecule has 0 radical (unpaired) electrons. The fraction of sp³-hybridized carbons (Fsp3) is 0.0909. The minimum atomic E-state index is -4.66. The lowest BCUT2D eigenvalue weighted by molar-refractivity contribution is -0.137. The van der Waals surface area contributed by atoms with Crippen molar-refractivity contribution < 1.29 is 23.1 Å². The zero-order chi connectivity index (χ0) is 13.1. The summed E-state index contributed by atoms with van der Waals surface area (Å²) in [6.45, 7) is 0. The van der Waals surface area contributed by atoms with E-state index in [0.29, 0.717) is 12.1 Å². The van der Waals surface area contributed by atoms with Crippen molar-refractivity contribution in [2.75, 3.05) is 0 Å². The van der Waals surface area contributed by atoms with E-state index in [4.69, 9.17) is 10.4 Å². The van der Waals surface area contributed by atoms with Crippen LogP contribution in [0, 0.1) is 23.2 Å². The molecule has 17 heavy (non-hydrogen) atoms. The first-order valence-corrected chi connectivity index (χ1v) is 4.20. The van der Waals surface area contributed by atoms with Gasteiger partial charge in [0.1, 0.15) is 0 Å². The second-order valence-electron chi connectivity index (χ2n) is 2.96. The Hall–Kier alpha value is -2.47. The van der Waals surface area contributed by atoms with Gasteiger partial charge in [-0.3, -0.25) is 0 Å². The fourth-order valence-electron chi connectivity index (χ4n) is 1.09. The molecule has 0 heterocycles. The number of carbonyl (C=O) groups is 1. The molecular weight excluding hydrogens is 235 g/mol. The molecule has 1 aromatic rings. The Kier molecular flexibility index (Phi) is 3.40. The number of carboxylic acid groups (broad SMARTS) is 1. The molecular formula is C11H4F3NO2. The summed E-state index contributed by atoms with van der Waals surface area (Å²) >= 11 is 0. The van der Waals surface area contributed by atoms with Crippen LogP contribution in [0.15, 0.2) is 18.2 Å². The summed E-state index contributed by atoms with van der Waals surface area (Å²) in [5.74, 6) is 2.54. The average Bonchev–Trinajstić information content (AvgIpc) is 2.24. The fourth-order valence-corrected chi connectivity index (χ4v) is 1.09. The number of carboxylic acids is 1. The Morgan fingerprint density at radius 1 is 1.29 bits per heavy atom. The molecule has 0 spiro atoms. The SMILES string of the molecule is N#CC#Cc1cc(C(=O)O)cc(C(F)(F)F)c1. The zero-order valence-corrected chi connectivity index (χ0v) is 8.17. The van der Waals surface area contributed by atoms with Gasteiger partial charge in [0, 0.05) is 11.5 Å². The van der Waals surface area contributed by atoms with E-state index in [1.54, 1.807) is 0 Å². The molecule has 6 heteroatoms. The topological polar surface area (TPSA) is 61.1 Å². The number of nitriles is 1. The molecule has 3 nitrogen and oxygen atoms in total. The van der Waals surface area contributed by atoms with Gasteiger partial charge in [-0.05, 0) is 18.2 Å². The standard InChI is InChI=1S/C11H4F3NO2/c12-11(13,14)9-5-7(2-1-3-15)4-8(6-9)10(16)17/h4-6H,(H,16,17). The summed E-state index contributed by atoms with van der Waals surface area (Å²) in [6.07, 6.45) is -4.66. The van der Waals surface area contributed by atoms with Crippen LogP contribution in [0.2, 0.25) is 0 Å². The molecule has 0 saturated carbocycles. The van der Waals surface area contributed by atoms with Crippen molar-refractivity contribution in [3.05, 3.63) is 34.9 Å². The molecule has 0 unspecified atom stereocenters. The maximum atomic E-state index is 12.4. The number of alkyl halides is 3. The molecule has 0 saturated heterocycles. The lowest BCUT2D eigenvalue weighted by Gasteiger charge is -2.08. The summed E-state index contributed by atoms with van der Waals surface area (Å²) in [5, 5.41) is 16.8. The predicted octanol–water partition coefficient (Wildman–Crippen LogP) is 2.28. The van der Waals surface area contributed by atoms with E-state index in [1.807, 2.05) is 5.92 Å². The molecule has 86 valence electrons. The number of benzene rings is 1. The van der Waals surface area contributed by atoms with Gasteiger partial charge in [-0.15, -0.1) is 0 Å². The third kappa shape index (κ3) is 3.25. The van der Waals surface area contributed by atoms with Crippen LogP contribution in [0.3, 0.4) is 0 Å². The van der Waals surface area contributed by atoms with Gasteiger partial charge in [0.05, 0.1) is 11.1 Å². The van der Waals surface area contributed by atoms with E-state index in [9.17, 15) is 18.0 Å². The summed E-state index contributed by atoms with van der Waals surface area (Å²) < 4.78 is 37.3. The number of nitrogens with zero attached hydrogens (tertiary/aromatic N) is 1. The largest absolute Gasteiger partial charge is 0.478 e. The first-order chi connectivity index (χ1) is 7.84. The second-order valence-corrected chi connectivity index (χ2v) is 2.96. The first-order valence-electron chi connectivity index (χ1n) is 4.20. The van der Waals surface area contributed by atoms with E-state index >= 15 is 0 Å². The van der Waals surface area contributed by atoms with Crippen LogP contribution in [0.1, 0.15) is 21.5 Å². The number of aromatic carboxylic acids is 1. The van der Waals surface area contributed by atoms with Crippen LogP contribution in [-0.4, -0.2) is 11.1 Å². The molecule has 0 aliphatic heterocycles. The highest BCUT2D eigenvalue weighted by atomic mass is 19.4. The lowest BCUT2D eigenvalue weighted by atomic mass is 10.1. The Morgan fingerprint density at radius 3 is 2.41 bits per heavy atom. The summed E-state index contributed by atoms with van der Waals surface area (Å²) in [5.41, 5.74) is -1.81. The molecule has 0 amide bonds. The van der Waals surface area contributed by atoms with Crippen molar-refractivity contribution in [3.8, 4) is 17.9 Å². The van der Waals surface area contributed by atoms with E-state index < -0.39 is 23.3 Å². The minimum Gasteiger partial charge on any atom is -0.478 e. The van der Waals surface area contributed by atoms with Crippen LogP contribution >= 0.6 is 0 Å². The highest BCUT2D eigenvalue weighted by molar-refractivity contribution is 5.88. The lowest BCUT2D eigenvalue weighted by Crippen LogP contribution is -2.08.